The summed E-state index contributed by atoms with van der Waals surface area (Å²) in [5.74, 6) is -2.13. The number of aromatic nitrogens is 2. The fraction of sp³-hybridized carbons (Fsp3) is 0.500. The van der Waals surface area contributed by atoms with Gasteiger partial charge in [-0.1, -0.05) is 6.92 Å². The van der Waals surface area contributed by atoms with Crippen LogP contribution in [0.4, 0.5) is 0 Å². The standard InChI is InChI=1S/C12H17N3O5/c1-3-14(6-8(2)12(19)20)11(18)7-15-10(17)5-4-9(16)13-15/h4-5,8H,3,6-7H2,1-2H3,(H,13,16)(H,19,20). The Balaban J connectivity index is 2.82. The van der Waals surface area contributed by atoms with Crippen LogP contribution in [-0.4, -0.2) is 44.8 Å². The second-order valence-electron chi connectivity index (χ2n) is 4.41. The summed E-state index contributed by atoms with van der Waals surface area (Å²) in [4.78, 5) is 46.7. The Bertz CT molecular complexity index is 604. The van der Waals surface area contributed by atoms with Crippen LogP contribution in [0.5, 0.6) is 0 Å². The molecule has 0 saturated heterocycles. The number of H-pyrrole nitrogens is 1. The predicted octanol–water partition coefficient (Wildman–Crippen LogP) is -0.894. The van der Waals surface area contributed by atoms with Crippen LogP contribution < -0.4 is 11.1 Å². The van der Waals surface area contributed by atoms with Gasteiger partial charge in [-0.2, -0.15) is 0 Å². The lowest BCUT2D eigenvalue weighted by atomic mass is 10.1. The first-order valence-corrected chi connectivity index (χ1v) is 6.16. The van der Waals surface area contributed by atoms with Crippen molar-refractivity contribution in [2.45, 2.75) is 20.4 Å². The number of nitrogens with zero attached hydrogens (tertiary/aromatic N) is 2. The zero-order valence-electron chi connectivity index (χ0n) is 11.3. The molecule has 0 aromatic carbocycles. The van der Waals surface area contributed by atoms with Crippen LogP contribution in [0.25, 0.3) is 0 Å². The monoisotopic (exact) mass is 283 g/mol. The number of aromatic amines is 1. The Morgan fingerprint density at radius 1 is 1.40 bits per heavy atom. The molecule has 8 nitrogen and oxygen atoms in total. The van der Waals surface area contributed by atoms with E-state index >= 15 is 0 Å². The lowest BCUT2D eigenvalue weighted by Crippen LogP contribution is -2.41. The van der Waals surface area contributed by atoms with Crippen LogP contribution in [0.15, 0.2) is 21.7 Å². The smallest absolute Gasteiger partial charge is 0.308 e. The van der Waals surface area contributed by atoms with Crippen molar-refractivity contribution in [3.8, 4) is 0 Å². The molecule has 0 fully saturated rings. The molecule has 1 atom stereocenters. The number of carboxylic acids is 1. The molecule has 1 unspecified atom stereocenters. The zero-order valence-corrected chi connectivity index (χ0v) is 11.3. The number of carbonyl (C=O) groups is 2. The SMILES string of the molecule is CCN(CC(C)C(=O)O)C(=O)Cn1[nH]c(=O)ccc1=O. The minimum absolute atomic E-state index is 0.0521. The van der Waals surface area contributed by atoms with E-state index < -0.39 is 28.9 Å². The highest BCUT2D eigenvalue weighted by Crippen LogP contribution is 2.01. The van der Waals surface area contributed by atoms with Gasteiger partial charge in [-0.15, -0.1) is 0 Å². The van der Waals surface area contributed by atoms with Crippen LogP contribution in [-0.2, 0) is 16.1 Å². The van der Waals surface area contributed by atoms with Gasteiger partial charge in [-0.3, -0.25) is 24.3 Å². The van der Waals surface area contributed by atoms with Crippen LogP contribution in [0, 0.1) is 5.92 Å². The van der Waals surface area contributed by atoms with E-state index in [1.165, 1.54) is 11.8 Å². The molecular formula is C12H17N3O5. The normalized spacial score (nSPS) is 11.9. The third kappa shape index (κ3) is 4.08. The molecule has 1 heterocycles. The summed E-state index contributed by atoms with van der Waals surface area (Å²) in [6.07, 6.45) is 0. The Morgan fingerprint density at radius 2 is 2.05 bits per heavy atom. The molecule has 1 aromatic rings. The molecule has 1 amide bonds. The van der Waals surface area contributed by atoms with Gasteiger partial charge in [-0.05, 0) is 6.92 Å². The molecule has 110 valence electrons. The second kappa shape index (κ2) is 6.69. The van der Waals surface area contributed by atoms with E-state index in [0.717, 1.165) is 16.8 Å². The van der Waals surface area contributed by atoms with Crippen LogP contribution in [0.1, 0.15) is 13.8 Å². The molecule has 0 aliphatic heterocycles. The van der Waals surface area contributed by atoms with Gasteiger partial charge in [0.1, 0.15) is 6.54 Å². The van der Waals surface area contributed by atoms with Crippen molar-refractivity contribution in [2.24, 2.45) is 5.92 Å². The number of hydrogen-bond donors (Lipinski definition) is 2. The Kier molecular flexibility index (Phi) is 5.24. The third-order valence-electron chi connectivity index (χ3n) is 2.83. The highest BCUT2D eigenvalue weighted by atomic mass is 16.4. The molecule has 8 heteroatoms. The van der Waals surface area contributed by atoms with Crippen LogP contribution in [0.3, 0.4) is 0 Å². The minimum atomic E-state index is -0.999. The van der Waals surface area contributed by atoms with Gasteiger partial charge >= 0.3 is 5.97 Å². The van der Waals surface area contributed by atoms with Gasteiger partial charge in [0, 0.05) is 25.2 Å². The van der Waals surface area contributed by atoms with Crippen molar-refractivity contribution in [1.29, 1.82) is 0 Å². The van der Waals surface area contributed by atoms with E-state index in [2.05, 4.69) is 5.10 Å². The van der Waals surface area contributed by atoms with Crippen LogP contribution in [0.2, 0.25) is 0 Å². The lowest BCUT2D eigenvalue weighted by molar-refractivity contribution is -0.143. The molecular weight excluding hydrogens is 266 g/mol. The summed E-state index contributed by atoms with van der Waals surface area (Å²) >= 11 is 0. The maximum Gasteiger partial charge on any atom is 0.308 e. The quantitative estimate of drug-likeness (QED) is 0.703. The molecule has 20 heavy (non-hydrogen) atoms. The zero-order chi connectivity index (χ0) is 15.3. The number of carbonyl (C=O) groups excluding carboxylic acids is 1. The van der Waals surface area contributed by atoms with Gasteiger partial charge in [-0.25, -0.2) is 4.68 Å². The first kappa shape index (κ1) is 15.7. The Hall–Kier alpha value is -2.38. The number of aliphatic carboxylic acids is 1. The van der Waals surface area contributed by atoms with Crippen molar-refractivity contribution >= 4 is 11.9 Å². The summed E-state index contributed by atoms with van der Waals surface area (Å²) < 4.78 is 0.902. The van der Waals surface area contributed by atoms with Gasteiger partial charge in [0.2, 0.25) is 5.91 Å². The second-order valence-corrected chi connectivity index (χ2v) is 4.41. The first-order chi connectivity index (χ1) is 9.35. The van der Waals surface area contributed by atoms with Crippen molar-refractivity contribution in [2.75, 3.05) is 13.1 Å². The highest BCUT2D eigenvalue weighted by Gasteiger charge is 2.19. The van der Waals surface area contributed by atoms with E-state index in [0.29, 0.717) is 6.54 Å². The van der Waals surface area contributed by atoms with E-state index in [1.807, 2.05) is 0 Å². The Labute approximate surface area is 114 Å². The largest absolute Gasteiger partial charge is 0.481 e. The topological polar surface area (TPSA) is 112 Å². The minimum Gasteiger partial charge on any atom is -0.481 e. The summed E-state index contributed by atoms with van der Waals surface area (Å²) in [5, 5.41) is 11.1. The van der Waals surface area contributed by atoms with E-state index in [-0.39, 0.29) is 13.1 Å². The molecule has 0 spiro atoms. The fourth-order valence-corrected chi connectivity index (χ4v) is 1.63. The van der Waals surface area contributed by atoms with Crippen LogP contribution >= 0.6 is 0 Å². The predicted molar refractivity (Wildman–Crippen MR) is 70.4 cm³/mol. The van der Waals surface area contributed by atoms with Crippen molar-refractivity contribution in [3.05, 3.63) is 32.8 Å². The van der Waals surface area contributed by atoms with Gasteiger partial charge < -0.3 is 10.0 Å². The van der Waals surface area contributed by atoms with Gasteiger partial charge in [0.05, 0.1) is 5.92 Å². The molecule has 0 radical (unpaired) electrons. The average molecular weight is 283 g/mol. The number of carboxylic acid groups (broad SMARTS) is 1. The lowest BCUT2D eigenvalue weighted by Gasteiger charge is -2.23. The van der Waals surface area contributed by atoms with Crippen molar-refractivity contribution in [1.82, 2.24) is 14.7 Å². The molecule has 2 N–H and O–H groups in total. The van der Waals surface area contributed by atoms with E-state index in [4.69, 9.17) is 5.11 Å². The van der Waals surface area contributed by atoms with E-state index in [9.17, 15) is 19.2 Å². The molecule has 0 saturated carbocycles. The summed E-state index contributed by atoms with van der Waals surface area (Å²) in [6.45, 7) is 3.26. The summed E-state index contributed by atoms with van der Waals surface area (Å²) in [5.41, 5.74) is -0.986. The third-order valence-corrected chi connectivity index (χ3v) is 2.83. The maximum atomic E-state index is 12.0. The number of amides is 1. The first-order valence-electron chi connectivity index (χ1n) is 6.16. The van der Waals surface area contributed by atoms with Gasteiger partial charge in [0.25, 0.3) is 11.1 Å². The highest BCUT2D eigenvalue weighted by molar-refractivity contribution is 5.77. The number of nitrogens with one attached hydrogen (secondary N) is 1. The van der Waals surface area contributed by atoms with Crippen molar-refractivity contribution < 1.29 is 14.7 Å². The Morgan fingerprint density at radius 3 is 2.60 bits per heavy atom. The number of rotatable bonds is 6. The van der Waals surface area contributed by atoms with Crippen molar-refractivity contribution in [3.63, 3.8) is 0 Å². The molecule has 0 aliphatic rings. The molecule has 0 aliphatic carbocycles. The molecule has 1 rings (SSSR count). The molecule has 0 bridgehead atoms. The summed E-state index contributed by atoms with van der Waals surface area (Å²) in [6, 6.07) is 2.15. The fourth-order valence-electron chi connectivity index (χ4n) is 1.63. The van der Waals surface area contributed by atoms with Gasteiger partial charge in [0.15, 0.2) is 0 Å². The maximum absolute atomic E-state index is 12.0. The number of hydrogen-bond acceptors (Lipinski definition) is 4. The average Bonchev–Trinajstić information content (AvgIpc) is 2.39. The number of likely N-dealkylation sites (N-methyl/N-ethyl adjacent to an activating group) is 1. The summed E-state index contributed by atoms with van der Waals surface area (Å²) in [7, 11) is 0. The molecule has 1 aromatic heterocycles. The van der Waals surface area contributed by atoms with E-state index in [1.54, 1.807) is 6.92 Å².